The molecule has 2 aliphatic rings. The Balaban J connectivity index is 1.76. The van der Waals surface area contributed by atoms with Crippen molar-refractivity contribution in [3.05, 3.63) is 12.3 Å². The number of nitrogens with two attached hydrogens (primary N) is 1. The highest BCUT2D eigenvalue weighted by Gasteiger charge is 2.32. The SMILES string of the molecule is CC(C)CN(c1ncc(OC(=O)C2CC2)cc1N)C1CCOCC1. The molecular weight excluding hydrogens is 306 g/mol. The lowest BCUT2D eigenvalue weighted by molar-refractivity contribution is -0.135. The minimum Gasteiger partial charge on any atom is -0.425 e. The van der Waals surface area contributed by atoms with Crippen LogP contribution in [0.4, 0.5) is 11.5 Å². The van der Waals surface area contributed by atoms with Crippen molar-refractivity contribution in [2.24, 2.45) is 11.8 Å². The molecule has 1 aliphatic heterocycles. The normalized spacial score (nSPS) is 18.6. The van der Waals surface area contributed by atoms with Crippen LogP contribution in [0.3, 0.4) is 0 Å². The molecule has 1 saturated heterocycles. The van der Waals surface area contributed by atoms with Gasteiger partial charge in [-0.15, -0.1) is 0 Å². The molecule has 1 aromatic heterocycles. The molecule has 6 nitrogen and oxygen atoms in total. The summed E-state index contributed by atoms with van der Waals surface area (Å²) in [6.07, 6.45) is 5.41. The van der Waals surface area contributed by atoms with Gasteiger partial charge in [0.1, 0.15) is 0 Å². The van der Waals surface area contributed by atoms with E-state index in [1.807, 2.05) is 0 Å². The quantitative estimate of drug-likeness (QED) is 0.806. The molecule has 0 unspecified atom stereocenters. The van der Waals surface area contributed by atoms with Gasteiger partial charge in [0.25, 0.3) is 0 Å². The maximum Gasteiger partial charge on any atom is 0.314 e. The Morgan fingerprint density at radius 1 is 1.38 bits per heavy atom. The van der Waals surface area contributed by atoms with E-state index < -0.39 is 0 Å². The number of rotatable bonds is 6. The number of esters is 1. The summed E-state index contributed by atoms with van der Waals surface area (Å²) in [6, 6.07) is 2.10. The second-order valence-electron chi connectivity index (χ2n) is 7.17. The highest BCUT2D eigenvalue weighted by Crippen LogP contribution is 2.33. The van der Waals surface area contributed by atoms with Gasteiger partial charge in [-0.25, -0.2) is 4.98 Å². The van der Waals surface area contributed by atoms with Gasteiger partial charge < -0.3 is 20.1 Å². The number of nitrogens with zero attached hydrogens (tertiary/aromatic N) is 2. The molecule has 1 aliphatic carbocycles. The summed E-state index contributed by atoms with van der Waals surface area (Å²) in [5.74, 6) is 1.60. The molecule has 24 heavy (non-hydrogen) atoms. The lowest BCUT2D eigenvalue weighted by Crippen LogP contribution is -2.42. The van der Waals surface area contributed by atoms with E-state index in [2.05, 4.69) is 23.7 Å². The first kappa shape index (κ1) is 17.0. The van der Waals surface area contributed by atoms with Crippen molar-refractivity contribution in [2.75, 3.05) is 30.4 Å². The first-order valence-electron chi connectivity index (χ1n) is 8.86. The zero-order valence-electron chi connectivity index (χ0n) is 14.5. The van der Waals surface area contributed by atoms with Gasteiger partial charge in [0.15, 0.2) is 11.6 Å². The summed E-state index contributed by atoms with van der Waals surface area (Å²) in [6.45, 7) is 6.82. The maximum absolute atomic E-state index is 11.8. The summed E-state index contributed by atoms with van der Waals surface area (Å²) in [4.78, 5) is 18.6. The second-order valence-corrected chi connectivity index (χ2v) is 7.17. The second kappa shape index (κ2) is 7.38. The Bertz CT molecular complexity index is 581. The smallest absolute Gasteiger partial charge is 0.314 e. The first-order valence-corrected chi connectivity index (χ1v) is 8.86. The van der Waals surface area contributed by atoms with Gasteiger partial charge in [-0.3, -0.25) is 4.79 Å². The van der Waals surface area contributed by atoms with E-state index in [4.69, 9.17) is 15.2 Å². The van der Waals surface area contributed by atoms with E-state index >= 15 is 0 Å². The average Bonchev–Trinajstić information content (AvgIpc) is 3.39. The van der Waals surface area contributed by atoms with Crippen molar-refractivity contribution in [2.45, 2.75) is 45.6 Å². The van der Waals surface area contributed by atoms with Gasteiger partial charge in [0.2, 0.25) is 0 Å². The maximum atomic E-state index is 11.8. The number of hydrogen-bond donors (Lipinski definition) is 1. The summed E-state index contributed by atoms with van der Waals surface area (Å²) < 4.78 is 10.8. The van der Waals surface area contributed by atoms with Crippen molar-refractivity contribution in [3.8, 4) is 5.75 Å². The van der Waals surface area contributed by atoms with Crippen molar-refractivity contribution < 1.29 is 14.3 Å². The van der Waals surface area contributed by atoms with Crippen molar-refractivity contribution in [1.29, 1.82) is 0 Å². The van der Waals surface area contributed by atoms with E-state index in [-0.39, 0.29) is 11.9 Å². The van der Waals surface area contributed by atoms with Crippen LogP contribution in [0.2, 0.25) is 0 Å². The third-order valence-electron chi connectivity index (χ3n) is 4.46. The van der Waals surface area contributed by atoms with Crippen LogP contribution in [0.25, 0.3) is 0 Å². The number of carbonyl (C=O) groups excluding carboxylic acids is 1. The minimum atomic E-state index is -0.174. The van der Waals surface area contributed by atoms with Crippen molar-refractivity contribution in [1.82, 2.24) is 4.98 Å². The molecule has 6 heteroatoms. The van der Waals surface area contributed by atoms with Gasteiger partial charge in [0, 0.05) is 31.9 Å². The Labute approximate surface area is 143 Å². The van der Waals surface area contributed by atoms with Crippen LogP contribution in [0.15, 0.2) is 12.3 Å². The molecule has 2 N–H and O–H groups in total. The number of ether oxygens (including phenoxy) is 2. The fourth-order valence-electron chi connectivity index (χ4n) is 3.07. The number of anilines is 2. The number of carbonyl (C=O) groups is 1. The fraction of sp³-hybridized carbons (Fsp3) is 0.667. The molecule has 132 valence electrons. The van der Waals surface area contributed by atoms with Gasteiger partial charge in [-0.05, 0) is 31.6 Å². The van der Waals surface area contributed by atoms with Crippen LogP contribution in [0, 0.1) is 11.8 Å². The average molecular weight is 333 g/mol. The molecular formula is C18H27N3O3. The van der Waals surface area contributed by atoms with Crippen molar-refractivity contribution in [3.63, 3.8) is 0 Å². The molecule has 1 aromatic rings. The lowest BCUT2D eigenvalue weighted by atomic mass is 10.0. The van der Waals surface area contributed by atoms with E-state index in [0.717, 1.165) is 51.3 Å². The third-order valence-corrected chi connectivity index (χ3v) is 4.46. The van der Waals surface area contributed by atoms with Gasteiger partial charge in [0.05, 0.1) is 17.8 Å². The third kappa shape index (κ3) is 4.17. The van der Waals surface area contributed by atoms with Crippen LogP contribution in [-0.4, -0.2) is 36.8 Å². The van der Waals surface area contributed by atoms with Gasteiger partial charge >= 0.3 is 5.97 Å². The fourth-order valence-corrected chi connectivity index (χ4v) is 3.07. The topological polar surface area (TPSA) is 77.7 Å². The van der Waals surface area contributed by atoms with Gasteiger partial charge in [-0.1, -0.05) is 13.8 Å². The van der Waals surface area contributed by atoms with E-state index in [0.29, 0.717) is 23.4 Å². The zero-order valence-corrected chi connectivity index (χ0v) is 14.5. The Hall–Kier alpha value is -1.82. The molecule has 1 saturated carbocycles. The van der Waals surface area contributed by atoms with Crippen LogP contribution in [0.1, 0.15) is 39.5 Å². The number of pyridine rings is 1. The monoisotopic (exact) mass is 333 g/mol. The summed E-state index contributed by atoms with van der Waals surface area (Å²) >= 11 is 0. The molecule has 0 atom stereocenters. The van der Waals surface area contributed by atoms with E-state index in [9.17, 15) is 4.79 Å². The molecule has 0 radical (unpaired) electrons. The predicted octanol–water partition coefficient (Wildman–Crippen LogP) is 2.62. The van der Waals surface area contributed by atoms with Crippen LogP contribution < -0.4 is 15.4 Å². The molecule has 2 fully saturated rings. The predicted molar refractivity (Wildman–Crippen MR) is 93.0 cm³/mol. The molecule has 0 amide bonds. The number of aromatic nitrogens is 1. The minimum absolute atomic E-state index is 0.0607. The lowest BCUT2D eigenvalue weighted by Gasteiger charge is -2.37. The van der Waals surface area contributed by atoms with Crippen LogP contribution >= 0.6 is 0 Å². The highest BCUT2D eigenvalue weighted by atomic mass is 16.5. The molecule has 2 heterocycles. The van der Waals surface area contributed by atoms with Crippen molar-refractivity contribution >= 4 is 17.5 Å². The molecule has 3 rings (SSSR count). The summed E-state index contributed by atoms with van der Waals surface area (Å²) in [5, 5.41) is 0. The standard InChI is InChI=1S/C18H27N3O3/c1-12(2)11-21(14-5-7-23-8-6-14)17-16(19)9-15(10-20-17)24-18(22)13-3-4-13/h9-10,12-14H,3-8,11,19H2,1-2H3. The summed E-state index contributed by atoms with van der Waals surface area (Å²) in [5.41, 5.74) is 6.80. The highest BCUT2D eigenvalue weighted by molar-refractivity contribution is 5.78. The Morgan fingerprint density at radius 3 is 2.67 bits per heavy atom. The largest absolute Gasteiger partial charge is 0.425 e. The molecule has 0 spiro atoms. The summed E-state index contributed by atoms with van der Waals surface area (Å²) in [7, 11) is 0. The Morgan fingerprint density at radius 2 is 2.08 bits per heavy atom. The Kier molecular flexibility index (Phi) is 5.23. The molecule has 0 aromatic carbocycles. The number of nitrogen functional groups attached to an aromatic ring is 1. The first-order chi connectivity index (χ1) is 11.5. The van der Waals surface area contributed by atoms with Gasteiger partial charge in [-0.2, -0.15) is 0 Å². The van der Waals surface area contributed by atoms with E-state index in [1.54, 1.807) is 12.3 Å². The van der Waals surface area contributed by atoms with Crippen LogP contribution in [-0.2, 0) is 9.53 Å². The number of hydrogen-bond acceptors (Lipinski definition) is 6. The van der Waals surface area contributed by atoms with Crippen LogP contribution in [0.5, 0.6) is 5.75 Å². The van der Waals surface area contributed by atoms with E-state index in [1.165, 1.54) is 0 Å². The zero-order chi connectivity index (χ0) is 17.1. The molecule has 0 bridgehead atoms.